The quantitative estimate of drug-likeness (QED) is 0.789. The average Bonchev–Trinajstić information content (AvgIpc) is 2.15. The molecule has 1 aromatic rings. The number of benzene rings is 1. The maximum absolute atomic E-state index is 10.8. The lowest BCUT2D eigenvalue weighted by Gasteiger charge is -2.19. The van der Waals surface area contributed by atoms with Crippen molar-refractivity contribution < 1.29 is 19.8 Å². The summed E-state index contributed by atoms with van der Waals surface area (Å²) >= 11 is 0. The highest BCUT2D eigenvalue weighted by Crippen LogP contribution is 2.24. The van der Waals surface area contributed by atoms with Crippen LogP contribution in [0.15, 0.2) is 24.3 Å². The number of aliphatic carboxylic acids is 2. The van der Waals surface area contributed by atoms with Crippen molar-refractivity contribution in [3.8, 4) is 0 Å². The molecule has 92 valence electrons. The fourth-order valence-electron chi connectivity index (χ4n) is 1.57. The van der Waals surface area contributed by atoms with Gasteiger partial charge in [-0.3, -0.25) is 9.59 Å². The van der Waals surface area contributed by atoms with E-state index >= 15 is 0 Å². The Kier molecular flexibility index (Phi) is 3.56. The van der Waals surface area contributed by atoms with Crippen molar-refractivity contribution in [2.75, 3.05) is 0 Å². The van der Waals surface area contributed by atoms with Crippen LogP contribution >= 0.6 is 0 Å². The largest absolute Gasteiger partial charge is 0.480 e. The smallest absolute Gasteiger partial charge is 0.322 e. The van der Waals surface area contributed by atoms with Crippen molar-refractivity contribution in [1.82, 2.24) is 0 Å². The van der Waals surface area contributed by atoms with Crippen LogP contribution in [-0.4, -0.2) is 22.2 Å². The van der Waals surface area contributed by atoms with Gasteiger partial charge in [-0.25, -0.2) is 0 Å². The molecule has 0 saturated carbocycles. The Labute approximate surface area is 99.9 Å². The van der Waals surface area contributed by atoms with Gasteiger partial charge < -0.3 is 10.2 Å². The second-order valence-corrected chi connectivity index (χ2v) is 4.98. The molecule has 0 aliphatic heterocycles. The SMILES string of the molecule is CC(C)(C)c1ccc(C(C(=O)O)C(=O)O)cc1. The van der Waals surface area contributed by atoms with Crippen LogP contribution in [0.4, 0.5) is 0 Å². The van der Waals surface area contributed by atoms with Crippen molar-refractivity contribution >= 4 is 11.9 Å². The summed E-state index contributed by atoms with van der Waals surface area (Å²) < 4.78 is 0. The molecule has 0 spiro atoms. The lowest BCUT2D eigenvalue weighted by atomic mass is 9.85. The Morgan fingerprint density at radius 1 is 1.00 bits per heavy atom. The molecule has 0 saturated heterocycles. The first kappa shape index (κ1) is 13.2. The van der Waals surface area contributed by atoms with Gasteiger partial charge >= 0.3 is 11.9 Å². The Bertz CT molecular complexity index is 412. The van der Waals surface area contributed by atoms with E-state index in [4.69, 9.17) is 10.2 Å². The van der Waals surface area contributed by atoms with Crippen molar-refractivity contribution in [1.29, 1.82) is 0 Å². The number of hydrogen-bond donors (Lipinski definition) is 2. The van der Waals surface area contributed by atoms with Crippen molar-refractivity contribution in [3.05, 3.63) is 35.4 Å². The summed E-state index contributed by atoms with van der Waals surface area (Å²) in [5.41, 5.74) is 1.29. The molecule has 0 amide bonds. The summed E-state index contributed by atoms with van der Waals surface area (Å²) in [5.74, 6) is -4.19. The van der Waals surface area contributed by atoms with E-state index in [-0.39, 0.29) is 11.0 Å². The Morgan fingerprint density at radius 2 is 1.41 bits per heavy atom. The molecule has 4 nitrogen and oxygen atoms in total. The van der Waals surface area contributed by atoms with Crippen LogP contribution in [0.1, 0.15) is 37.8 Å². The summed E-state index contributed by atoms with van der Waals surface area (Å²) in [6, 6.07) is 6.67. The highest BCUT2D eigenvalue weighted by atomic mass is 16.4. The maximum Gasteiger partial charge on any atom is 0.322 e. The third kappa shape index (κ3) is 3.06. The van der Waals surface area contributed by atoms with Crippen LogP contribution in [0.2, 0.25) is 0 Å². The monoisotopic (exact) mass is 236 g/mol. The fraction of sp³-hybridized carbons (Fsp3) is 0.385. The van der Waals surface area contributed by atoms with Gasteiger partial charge in [0.1, 0.15) is 0 Å². The predicted octanol–water partition coefficient (Wildman–Crippen LogP) is 2.24. The Morgan fingerprint density at radius 3 is 1.71 bits per heavy atom. The zero-order valence-electron chi connectivity index (χ0n) is 10.1. The lowest BCUT2D eigenvalue weighted by Crippen LogP contribution is -2.21. The van der Waals surface area contributed by atoms with Gasteiger partial charge in [0.25, 0.3) is 0 Å². The van der Waals surface area contributed by atoms with Crippen molar-refractivity contribution in [2.45, 2.75) is 32.1 Å². The Hall–Kier alpha value is -1.84. The number of hydrogen-bond acceptors (Lipinski definition) is 2. The topological polar surface area (TPSA) is 74.6 Å². The zero-order chi connectivity index (χ0) is 13.2. The zero-order valence-corrected chi connectivity index (χ0v) is 10.1. The molecule has 17 heavy (non-hydrogen) atoms. The van der Waals surface area contributed by atoms with Crippen LogP contribution in [0.25, 0.3) is 0 Å². The van der Waals surface area contributed by atoms with E-state index in [1.165, 1.54) is 0 Å². The first-order valence-corrected chi connectivity index (χ1v) is 5.29. The molecule has 0 atom stereocenters. The molecule has 4 heteroatoms. The molecule has 0 aliphatic carbocycles. The highest BCUT2D eigenvalue weighted by Gasteiger charge is 2.28. The minimum Gasteiger partial charge on any atom is -0.480 e. The third-order valence-corrected chi connectivity index (χ3v) is 2.60. The molecule has 2 N–H and O–H groups in total. The highest BCUT2D eigenvalue weighted by molar-refractivity contribution is 5.98. The fourth-order valence-corrected chi connectivity index (χ4v) is 1.57. The standard InChI is InChI=1S/C13H16O4/c1-13(2,3)9-6-4-8(5-7-9)10(11(14)15)12(16)17/h4-7,10H,1-3H3,(H,14,15)(H,16,17). The number of carboxylic acids is 2. The van der Waals surface area contributed by atoms with Crippen LogP contribution in [0, 0.1) is 0 Å². The van der Waals surface area contributed by atoms with E-state index in [9.17, 15) is 9.59 Å². The van der Waals surface area contributed by atoms with Crippen LogP contribution in [0.5, 0.6) is 0 Å². The van der Waals surface area contributed by atoms with Gasteiger partial charge in [0.15, 0.2) is 5.92 Å². The average molecular weight is 236 g/mol. The van der Waals surface area contributed by atoms with Gasteiger partial charge in [0, 0.05) is 0 Å². The summed E-state index contributed by atoms with van der Waals surface area (Å²) in [5, 5.41) is 17.7. The third-order valence-electron chi connectivity index (χ3n) is 2.60. The molecule has 0 unspecified atom stereocenters. The van der Waals surface area contributed by atoms with Gasteiger partial charge in [0.05, 0.1) is 0 Å². The van der Waals surface area contributed by atoms with Gasteiger partial charge in [-0.05, 0) is 16.5 Å². The van der Waals surface area contributed by atoms with Gasteiger partial charge in [0.2, 0.25) is 0 Å². The summed E-state index contributed by atoms with van der Waals surface area (Å²) in [7, 11) is 0. The minimum absolute atomic E-state index is 0.0412. The maximum atomic E-state index is 10.8. The summed E-state index contributed by atoms with van der Waals surface area (Å²) in [4.78, 5) is 21.7. The molecular formula is C13H16O4. The van der Waals surface area contributed by atoms with Crippen LogP contribution in [0.3, 0.4) is 0 Å². The van der Waals surface area contributed by atoms with Crippen LogP contribution < -0.4 is 0 Å². The molecule has 0 aromatic heterocycles. The minimum atomic E-state index is -1.50. The number of carboxylic acid groups (broad SMARTS) is 2. The summed E-state index contributed by atoms with van der Waals surface area (Å²) in [6.07, 6.45) is 0. The number of rotatable bonds is 3. The molecule has 0 radical (unpaired) electrons. The van der Waals surface area contributed by atoms with Crippen molar-refractivity contribution in [2.24, 2.45) is 0 Å². The first-order chi connectivity index (χ1) is 7.73. The van der Waals surface area contributed by atoms with Gasteiger partial charge in [-0.1, -0.05) is 45.0 Å². The molecule has 0 aliphatic rings. The van der Waals surface area contributed by atoms with E-state index < -0.39 is 17.9 Å². The van der Waals surface area contributed by atoms with E-state index in [0.29, 0.717) is 0 Å². The summed E-state index contributed by atoms with van der Waals surface area (Å²) in [6.45, 7) is 6.11. The first-order valence-electron chi connectivity index (χ1n) is 5.29. The molecule has 0 heterocycles. The molecule has 0 fully saturated rings. The van der Waals surface area contributed by atoms with Gasteiger partial charge in [-0.2, -0.15) is 0 Å². The molecule has 0 bridgehead atoms. The lowest BCUT2D eigenvalue weighted by molar-refractivity contribution is -0.150. The Balaban J connectivity index is 3.09. The van der Waals surface area contributed by atoms with E-state index in [2.05, 4.69) is 0 Å². The molecule has 1 rings (SSSR count). The van der Waals surface area contributed by atoms with Gasteiger partial charge in [-0.15, -0.1) is 0 Å². The van der Waals surface area contributed by atoms with Crippen LogP contribution in [-0.2, 0) is 15.0 Å². The second-order valence-electron chi connectivity index (χ2n) is 4.98. The molecule has 1 aromatic carbocycles. The van der Waals surface area contributed by atoms with E-state index in [1.807, 2.05) is 20.8 Å². The molecular weight excluding hydrogens is 220 g/mol. The van der Waals surface area contributed by atoms with E-state index in [1.54, 1.807) is 24.3 Å². The van der Waals surface area contributed by atoms with E-state index in [0.717, 1.165) is 5.56 Å². The number of carbonyl (C=O) groups is 2. The second kappa shape index (κ2) is 4.57. The van der Waals surface area contributed by atoms with Crippen molar-refractivity contribution in [3.63, 3.8) is 0 Å². The predicted molar refractivity (Wildman–Crippen MR) is 63.2 cm³/mol. The normalized spacial score (nSPS) is 11.5.